The van der Waals surface area contributed by atoms with Gasteiger partial charge in [-0.15, -0.1) is 0 Å². The molecule has 1 saturated heterocycles. The van der Waals surface area contributed by atoms with Crippen molar-refractivity contribution in [2.24, 2.45) is 17.8 Å². The molecule has 0 radical (unpaired) electrons. The second-order valence-electron chi connectivity index (χ2n) is 12.0. The fourth-order valence-corrected chi connectivity index (χ4v) is 7.38. The molecule has 0 spiro atoms. The maximum atomic E-state index is 14.4. The van der Waals surface area contributed by atoms with Crippen LogP contribution in [0.15, 0.2) is 54.6 Å². The van der Waals surface area contributed by atoms with Gasteiger partial charge in [-0.2, -0.15) is 0 Å². The van der Waals surface area contributed by atoms with Crippen molar-refractivity contribution in [3.63, 3.8) is 0 Å². The second-order valence-corrected chi connectivity index (χ2v) is 12.8. The molecule has 1 N–H and O–H groups in total. The molecule has 3 aliphatic rings. The number of hydrogen-bond acceptors (Lipinski definition) is 4. The molecule has 6 rings (SSSR count). The Morgan fingerprint density at radius 3 is 2.43 bits per heavy atom. The number of halogens is 3. The van der Waals surface area contributed by atoms with E-state index in [9.17, 15) is 9.18 Å². The van der Waals surface area contributed by atoms with Gasteiger partial charge in [0.05, 0.1) is 10.0 Å². The van der Waals surface area contributed by atoms with Gasteiger partial charge in [0.1, 0.15) is 24.8 Å². The van der Waals surface area contributed by atoms with Crippen molar-refractivity contribution in [2.75, 3.05) is 26.3 Å². The summed E-state index contributed by atoms with van der Waals surface area (Å²) in [4.78, 5) is 16.6. The first kappa shape index (κ1) is 29.3. The fourth-order valence-electron chi connectivity index (χ4n) is 6.81. The lowest BCUT2D eigenvalue weighted by Crippen LogP contribution is -2.41. The first-order valence-electron chi connectivity index (χ1n) is 14.9. The molecule has 3 aromatic carbocycles. The summed E-state index contributed by atoms with van der Waals surface area (Å²) in [5, 5.41) is 3.80. The van der Waals surface area contributed by atoms with Gasteiger partial charge in [-0.1, -0.05) is 53.5 Å². The van der Waals surface area contributed by atoms with Gasteiger partial charge in [0, 0.05) is 18.5 Å². The fraction of sp³-hybridized carbons (Fsp3) is 0.441. The third-order valence-electron chi connectivity index (χ3n) is 9.33. The molecule has 0 bridgehead atoms. The number of fused-ring (bicyclic) bond motifs is 1. The highest BCUT2D eigenvalue weighted by molar-refractivity contribution is 6.37. The Balaban J connectivity index is 1.13. The third-order valence-corrected chi connectivity index (χ3v) is 9.89. The van der Waals surface area contributed by atoms with Crippen LogP contribution < -0.4 is 14.8 Å². The van der Waals surface area contributed by atoms with E-state index in [1.807, 2.05) is 12.1 Å². The first-order valence-corrected chi connectivity index (χ1v) is 15.6. The molecule has 3 fully saturated rings. The maximum Gasteiger partial charge on any atom is 0.227 e. The Hall–Kier alpha value is -2.80. The molecular weight excluding hydrogens is 574 g/mol. The van der Waals surface area contributed by atoms with Crippen LogP contribution in [0, 0.1) is 37.4 Å². The lowest BCUT2D eigenvalue weighted by atomic mass is 9.83. The number of benzene rings is 3. The summed E-state index contributed by atoms with van der Waals surface area (Å²) in [6.45, 7) is 7.36. The Labute approximate surface area is 257 Å². The Kier molecular flexibility index (Phi) is 8.67. The molecule has 42 heavy (non-hydrogen) atoms. The Morgan fingerprint density at radius 1 is 1.00 bits per heavy atom. The lowest BCUT2D eigenvalue weighted by molar-refractivity contribution is -0.138. The van der Waals surface area contributed by atoms with Crippen LogP contribution in [0.4, 0.5) is 4.39 Å². The third kappa shape index (κ3) is 6.13. The minimum absolute atomic E-state index is 0.0268. The number of amides is 1. The van der Waals surface area contributed by atoms with E-state index < -0.39 is 5.82 Å². The van der Waals surface area contributed by atoms with E-state index in [2.05, 4.69) is 54.4 Å². The zero-order valence-electron chi connectivity index (χ0n) is 24.0. The molecule has 3 aromatic rings. The van der Waals surface area contributed by atoms with E-state index in [-0.39, 0.29) is 40.8 Å². The van der Waals surface area contributed by atoms with E-state index in [1.165, 1.54) is 34.4 Å². The molecule has 5 nitrogen and oxygen atoms in total. The van der Waals surface area contributed by atoms with E-state index in [0.29, 0.717) is 30.3 Å². The molecular formula is C34H37Cl2FN2O3. The summed E-state index contributed by atoms with van der Waals surface area (Å²) in [5.74, 6) is 1.81. The van der Waals surface area contributed by atoms with E-state index >= 15 is 0 Å². The van der Waals surface area contributed by atoms with Crippen molar-refractivity contribution in [2.45, 2.75) is 51.6 Å². The van der Waals surface area contributed by atoms with Crippen molar-refractivity contribution in [1.29, 1.82) is 0 Å². The normalized spacial score (nSPS) is 23.1. The Bertz CT molecular complexity index is 1420. The van der Waals surface area contributed by atoms with Crippen molar-refractivity contribution in [3.05, 3.63) is 92.7 Å². The van der Waals surface area contributed by atoms with Crippen LogP contribution in [0.1, 0.15) is 47.4 Å². The summed E-state index contributed by atoms with van der Waals surface area (Å²) in [6.07, 6.45) is 3.20. The highest BCUT2D eigenvalue weighted by atomic mass is 35.5. The number of carbonyl (C=O) groups is 1. The Morgan fingerprint density at radius 2 is 1.71 bits per heavy atom. The van der Waals surface area contributed by atoms with Gasteiger partial charge in [0.25, 0.3) is 0 Å². The molecule has 4 atom stereocenters. The maximum absolute atomic E-state index is 14.4. The van der Waals surface area contributed by atoms with E-state index in [4.69, 9.17) is 32.7 Å². The van der Waals surface area contributed by atoms with E-state index in [0.717, 1.165) is 38.1 Å². The molecule has 2 saturated carbocycles. The highest BCUT2D eigenvalue weighted by Gasteiger charge is 2.51. The molecule has 1 aliphatic heterocycles. The number of carbonyl (C=O) groups excluding carboxylic acids is 1. The summed E-state index contributed by atoms with van der Waals surface area (Å²) < 4.78 is 24.9. The number of aryl methyl sites for hydroxylation is 1. The standard InChI is InChI=1S/C34H37Cl2FN2O3/c1-20-4-3-5-23(21(20)2)19-39(26-8-9-26)34(40)32-28(14-24-17-38-18-29(24)32)22-6-10-27(11-7-22)41-12-13-42-33-30(35)15-25(37)16-31(33)36/h3-7,10-11,15-16,24,26,28-29,32,38H,8-9,12-14,17-19H2,1-2H3/t24-,28?,29?,32?/m0/s1. The van der Waals surface area contributed by atoms with Crippen molar-refractivity contribution >= 4 is 29.1 Å². The molecule has 2 aliphatic carbocycles. The second kappa shape index (κ2) is 12.4. The van der Waals surface area contributed by atoms with Gasteiger partial charge in [-0.3, -0.25) is 4.79 Å². The van der Waals surface area contributed by atoms with Crippen LogP contribution in [-0.4, -0.2) is 43.2 Å². The topological polar surface area (TPSA) is 50.8 Å². The van der Waals surface area contributed by atoms with Gasteiger partial charge >= 0.3 is 0 Å². The van der Waals surface area contributed by atoms with Gasteiger partial charge in [0.2, 0.25) is 5.91 Å². The zero-order valence-corrected chi connectivity index (χ0v) is 25.6. The zero-order chi connectivity index (χ0) is 29.4. The smallest absolute Gasteiger partial charge is 0.227 e. The molecule has 222 valence electrons. The van der Waals surface area contributed by atoms with Crippen LogP contribution in [0.25, 0.3) is 0 Å². The van der Waals surface area contributed by atoms with Crippen LogP contribution in [-0.2, 0) is 11.3 Å². The van der Waals surface area contributed by atoms with Crippen molar-refractivity contribution < 1.29 is 18.7 Å². The van der Waals surface area contributed by atoms with Gasteiger partial charge in [-0.25, -0.2) is 4.39 Å². The average Bonchev–Trinajstić information content (AvgIpc) is 3.59. The largest absolute Gasteiger partial charge is 0.490 e. The van der Waals surface area contributed by atoms with Gasteiger partial charge in [0.15, 0.2) is 5.75 Å². The monoisotopic (exact) mass is 610 g/mol. The predicted octanol–water partition coefficient (Wildman–Crippen LogP) is 7.34. The van der Waals surface area contributed by atoms with Crippen LogP contribution >= 0.6 is 23.2 Å². The van der Waals surface area contributed by atoms with Crippen LogP contribution in [0.5, 0.6) is 11.5 Å². The number of nitrogens with zero attached hydrogens (tertiary/aromatic N) is 1. The van der Waals surface area contributed by atoms with E-state index in [1.54, 1.807) is 0 Å². The van der Waals surface area contributed by atoms with Crippen molar-refractivity contribution in [3.8, 4) is 11.5 Å². The van der Waals surface area contributed by atoms with Crippen LogP contribution in [0.2, 0.25) is 10.0 Å². The number of hydrogen-bond donors (Lipinski definition) is 1. The lowest BCUT2D eigenvalue weighted by Gasteiger charge is -2.32. The minimum Gasteiger partial charge on any atom is -0.490 e. The SMILES string of the molecule is Cc1cccc(CN(C(=O)C2C(c3ccc(OCCOc4c(Cl)cc(F)cc4Cl)cc3)C[C@H]3CNCC23)C2CC2)c1C. The summed E-state index contributed by atoms with van der Waals surface area (Å²) in [5.41, 5.74) is 5.00. The van der Waals surface area contributed by atoms with Crippen molar-refractivity contribution in [1.82, 2.24) is 10.2 Å². The number of nitrogens with one attached hydrogen (secondary N) is 1. The molecule has 1 amide bonds. The summed E-state index contributed by atoms with van der Waals surface area (Å²) in [6, 6.07) is 17.2. The molecule has 3 unspecified atom stereocenters. The quantitative estimate of drug-likeness (QED) is 0.244. The predicted molar refractivity (Wildman–Crippen MR) is 164 cm³/mol. The summed E-state index contributed by atoms with van der Waals surface area (Å²) in [7, 11) is 0. The van der Waals surface area contributed by atoms with Gasteiger partial charge < -0.3 is 19.7 Å². The molecule has 0 aromatic heterocycles. The average molecular weight is 612 g/mol. The molecule has 8 heteroatoms. The van der Waals surface area contributed by atoms with Crippen LogP contribution in [0.3, 0.4) is 0 Å². The highest BCUT2D eigenvalue weighted by Crippen LogP contribution is 2.50. The first-order chi connectivity index (χ1) is 20.3. The summed E-state index contributed by atoms with van der Waals surface area (Å²) >= 11 is 12.1. The molecule has 1 heterocycles. The number of rotatable bonds is 10. The number of ether oxygens (including phenoxy) is 2. The van der Waals surface area contributed by atoms with Gasteiger partial charge in [-0.05, 0) is 110 Å². The minimum atomic E-state index is -0.513.